The molecule has 0 unspecified atom stereocenters. The number of nitrogens with zero attached hydrogens (tertiary/aromatic N) is 3. The number of ether oxygens (including phenoxy) is 3. The molecule has 3 heterocycles. The van der Waals surface area contributed by atoms with Crippen molar-refractivity contribution in [1.29, 1.82) is 0 Å². The molecule has 0 radical (unpaired) electrons. The Kier molecular flexibility index (Phi) is 6.20. The average Bonchev–Trinajstić information content (AvgIpc) is 3.06. The first kappa shape index (κ1) is 22.9. The Morgan fingerprint density at radius 2 is 1.91 bits per heavy atom. The first-order chi connectivity index (χ1) is 15.8. The van der Waals surface area contributed by atoms with E-state index in [-0.39, 0.29) is 40.0 Å². The van der Waals surface area contributed by atoms with Gasteiger partial charge in [-0.2, -0.15) is 0 Å². The van der Waals surface area contributed by atoms with Crippen LogP contribution < -0.4 is 15.2 Å². The molecule has 0 spiro atoms. The SMILES string of the molecule is COC(=O)/C=C(\CN1C(=O)[C@H](C)Oc2cc(F)c(-c3c(Cl)n4n(c3=O)CCCC4)cc21)OC. The second-order valence-corrected chi connectivity index (χ2v) is 8.10. The molecule has 11 heteroatoms. The van der Waals surface area contributed by atoms with Crippen molar-refractivity contribution in [2.45, 2.75) is 39.0 Å². The number of hydrogen-bond donors (Lipinski definition) is 0. The normalized spacial score (nSPS) is 17.8. The van der Waals surface area contributed by atoms with E-state index in [0.717, 1.165) is 25.0 Å². The third kappa shape index (κ3) is 3.99. The van der Waals surface area contributed by atoms with Crippen molar-refractivity contribution in [3.8, 4) is 16.9 Å². The standard InChI is InChI=1S/C22H23ClFN3O6/c1-12-21(29)25(11-13(31-2)8-18(28)32-3)16-9-14(15(24)10-17(16)33-12)19-20(23)26-6-4-5-7-27(26)22(19)30/h8-10,12H,4-7,11H2,1-3H3/b13-8+/t12-/m0/s1. The van der Waals surface area contributed by atoms with Crippen LogP contribution in [0.2, 0.25) is 5.15 Å². The molecule has 0 saturated carbocycles. The van der Waals surface area contributed by atoms with E-state index < -0.39 is 29.4 Å². The summed E-state index contributed by atoms with van der Waals surface area (Å²) in [6.07, 6.45) is 1.91. The third-order valence-corrected chi connectivity index (χ3v) is 6.13. The maximum absolute atomic E-state index is 15.2. The molecule has 0 saturated heterocycles. The number of amides is 1. The Hall–Kier alpha value is -3.27. The summed E-state index contributed by atoms with van der Waals surface area (Å²) in [5.41, 5.74) is -0.177. The quantitative estimate of drug-likeness (QED) is 0.372. The number of halogens is 2. The first-order valence-corrected chi connectivity index (χ1v) is 10.8. The van der Waals surface area contributed by atoms with Gasteiger partial charge < -0.3 is 14.2 Å². The Morgan fingerprint density at radius 1 is 1.21 bits per heavy atom. The van der Waals surface area contributed by atoms with Gasteiger partial charge in [-0.15, -0.1) is 0 Å². The number of aromatic nitrogens is 2. The molecule has 4 rings (SSSR count). The highest BCUT2D eigenvalue weighted by Gasteiger charge is 2.35. The largest absolute Gasteiger partial charge is 0.499 e. The van der Waals surface area contributed by atoms with Crippen molar-refractivity contribution >= 4 is 29.2 Å². The van der Waals surface area contributed by atoms with Crippen LogP contribution in [0, 0.1) is 5.82 Å². The minimum Gasteiger partial charge on any atom is -0.499 e. The summed E-state index contributed by atoms with van der Waals surface area (Å²) in [5, 5.41) is 0.143. The van der Waals surface area contributed by atoms with Crippen LogP contribution in [0.1, 0.15) is 19.8 Å². The van der Waals surface area contributed by atoms with E-state index in [1.807, 2.05) is 0 Å². The van der Waals surface area contributed by atoms with Crippen molar-refractivity contribution < 1.29 is 28.2 Å². The van der Waals surface area contributed by atoms with Gasteiger partial charge in [0.2, 0.25) is 0 Å². The maximum atomic E-state index is 15.2. The predicted octanol–water partition coefficient (Wildman–Crippen LogP) is 2.72. The third-order valence-electron chi connectivity index (χ3n) is 5.74. The van der Waals surface area contributed by atoms with Crippen molar-refractivity contribution in [3.05, 3.63) is 45.3 Å². The summed E-state index contributed by atoms with van der Waals surface area (Å²) in [5.74, 6) is -1.50. The van der Waals surface area contributed by atoms with Crippen LogP contribution in [0.5, 0.6) is 5.75 Å². The van der Waals surface area contributed by atoms with Gasteiger partial charge in [-0.1, -0.05) is 11.6 Å². The molecule has 0 fully saturated rings. The van der Waals surface area contributed by atoms with Crippen LogP contribution in [0.15, 0.2) is 28.8 Å². The zero-order valence-electron chi connectivity index (χ0n) is 18.4. The highest BCUT2D eigenvalue weighted by atomic mass is 35.5. The topological polar surface area (TPSA) is 92.0 Å². The van der Waals surface area contributed by atoms with Crippen LogP contribution in [0.4, 0.5) is 10.1 Å². The average molecular weight is 480 g/mol. The van der Waals surface area contributed by atoms with Gasteiger partial charge in [-0.3, -0.25) is 19.2 Å². The van der Waals surface area contributed by atoms with E-state index in [9.17, 15) is 14.4 Å². The number of anilines is 1. The van der Waals surface area contributed by atoms with Gasteiger partial charge in [-0.05, 0) is 25.8 Å². The van der Waals surface area contributed by atoms with E-state index in [1.165, 1.54) is 36.8 Å². The zero-order chi connectivity index (χ0) is 23.9. The fourth-order valence-electron chi connectivity index (χ4n) is 4.05. The Balaban J connectivity index is 1.84. The summed E-state index contributed by atoms with van der Waals surface area (Å²) in [7, 11) is 2.57. The van der Waals surface area contributed by atoms with Crippen LogP contribution in [0.25, 0.3) is 11.1 Å². The van der Waals surface area contributed by atoms with Crippen molar-refractivity contribution in [2.24, 2.45) is 0 Å². The molecule has 2 aromatic rings. The molecule has 2 aliphatic rings. The minimum absolute atomic E-state index is 0.0296. The summed E-state index contributed by atoms with van der Waals surface area (Å²) < 4.78 is 33.8. The predicted molar refractivity (Wildman–Crippen MR) is 118 cm³/mol. The van der Waals surface area contributed by atoms with Gasteiger partial charge in [0.1, 0.15) is 22.5 Å². The number of carbonyl (C=O) groups is 2. The molecule has 176 valence electrons. The second kappa shape index (κ2) is 8.93. The van der Waals surface area contributed by atoms with E-state index in [2.05, 4.69) is 4.74 Å². The lowest BCUT2D eigenvalue weighted by Gasteiger charge is -2.33. The molecular formula is C22H23ClFN3O6. The van der Waals surface area contributed by atoms with E-state index in [0.29, 0.717) is 13.1 Å². The maximum Gasteiger partial charge on any atom is 0.333 e. The molecule has 0 N–H and O–H groups in total. The van der Waals surface area contributed by atoms with E-state index >= 15 is 4.39 Å². The van der Waals surface area contributed by atoms with Crippen LogP contribution in [-0.4, -0.2) is 48.1 Å². The molecule has 0 aliphatic carbocycles. The first-order valence-electron chi connectivity index (χ1n) is 10.4. The van der Waals surface area contributed by atoms with Gasteiger partial charge >= 0.3 is 5.97 Å². The smallest absolute Gasteiger partial charge is 0.333 e. The van der Waals surface area contributed by atoms with Crippen LogP contribution in [0.3, 0.4) is 0 Å². The zero-order valence-corrected chi connectivity index (χ0v) is 19.1. The monoisotopic (exact) mass is 479 g/mol. The van der Waals surface area contributed by atoms with E-state index in [4.69, 9.17) is 21.1 Å². The lowest BCUT2D eigenvalue weighted by Crippen LogP contribution is -2.45. The van der Waals surface area contributed by atoms with Gasteiger partial charge in [-0.25, -0.2) is 13.9 Å². The number of fused-ring (bicyclic) bond motifs is 2. The Morgan fingerprint density at radius 3 is 2.55 bits per heavy atom. The van der Waals surface area contributed by atoms with Gasteiger partial charge in [0.05, 0.1) is 38.1 Å². The number of carbonyl (C=O) groups excluding carboxylic acids is 2. The number of hydrogen-bond acceptors (Lipinski definition) is 6. The molecular weight excluding hydrogens is 457 g/mol. The highest BCUT2D eigenvalue weighted by molar-refractivity contribution is 6.32. The summed E-state index contributed by atoms with van der Waals surface area (Å²) in [6, 6.07) is 2.50. The van der Waals surface area contributed by atoms with Crippen molar-refractivity contribution in [2.75, 3.05) is 25.7 Å². The Labute approximate surface area is 193 Å². The van der Waals surface area contributed by atoms with E-state index in [1.54, 1.807) is 4.68 Å². The number of methoxy groups -OCH3 is 2. The number of benzene rings is 1. The summed E-state index contributed by atoms with van der Waals surface area (Å²) in [4.78, 5) is 38.9. The second-order valence-electron chi connectivity index (χ2n) is 7.75. The Bertz CT molecular complexity index is 1220. The molecule has 33 heavy (non-hydrogen) atoms. The van der Waals surface area contributed by atoms with Gasteiger partial charge in [0.25, 0.3) is 11.5 Å². The van der Waals surface area contributed by atoms with Crippen molar-refractivity contribution in [1.82, 2.24) is 9.36 Å². The lowest BCUT2D eigenvalue weighted by molar-refractivity contribution is -0.135. The van der Waals surface area contributed by atoms with Crippen LogP contribution in [-0.2, 0) is 32.2 Å². The van der Waals surface area contributed by atoms with Crippen molar-refractivity contribution in [3.63, 3.8) is 0 Å². The summed E-state index contributed by atoms with van der Waals surface area (Å²) in [6.45, 7) is 2.45. The van der Waals surface area contributed by atoms with Gasteiger partial charge in [0, 0.05) is 24.7 Å². The number of rotatable bonds is 5. The molecule has 9 nitrogen and oxygen atoms in total. The fourth-order valence-corrected chi connectivity index (χ4v) is 4.41. The lowest BCUT2D eigenvalue weighted by atomic mass is 10.0. The van der Waals surface area contributed by atoms with Crippen LogP contribution >= 0.6 is 11.6 Å². The molecule has 1 amide bonds. The minimum atomic E-state index is -0.894. The van der Waals surface area contributed by atoms with Gasteiger partial charge in [0.15, 0.2) is 6.10 Å². The molecule has 2 aliphatic heterocycles. The molecule has 1 aromatic heterocycles. The summed E-state index contributed by atoms with van der Waals surface area (Å²) >= 11 is 6.49. The number of esters is 1. The highest BCUT2D eigenvalue weighted by Crippen LogP contribution is 2.40. The molecule has 0 bridgehead atoms. The molecule has 1 aromatic carbocycles. The fraction of sp³-hybridized carbons (Fsp3) is 0.409. The molecule has 1 atom stereocenters.